The van der Waals surface area contributed by atoms with Crippen LogP contribution in [0.1, 0.15) is 5.76 Å². The van der Waals surface area contributed by atoms with Crippen molar-refractivity contribution in [3.63, 3.8) is 0 Å². The minimum absolute atomic E-state index is 0.370. The van der Waals surface area contributed by atoms with Gasteiger partial charge >= 0.3 is 0 Å². The molecule has 150 valence electrons. The number of aromatic nitrogens is 2. The number of thiocarbonyl (C=S) groups is 1. The molecule has 0 amide bonds. The van der Waals surface area contributed by atoms with E-state index >= 15 is 0 Å². The molecule has 0 radical (unpaired) electrons. The second-order valence-corrected chi connectivity index (χ2v) is 7.36. The van der Waals surface area contributed by atoms with E-state index in [1.165, 1.54) is 5.69 Å². The largest absolute Gasteiger partial charge is 0.467 e. The Balaban J connectivity index is 1.36. The van der Waals surface area contributed by atoms with Crippen molar-refractivity contribution in [1.29, 1.82) is 0 Å². The Morgan fingerprint density at radius 3 is 2.52 bits per heavy atom. The van der Waals surface area contributed by atoms with Crippen LogP contribution in [0.3, 0.4) is 0 Å². The number of anilines is 3. The molecular formula is C20H21ClN6OS. The van der Waals surface area contributed by atoms with Crippen LogP contribution in [-0.4, -0.2) is 41.3 Å². The third-order valence-electron chi connectivity index (χ3n) is 4.63. The molecule has 1 fully saturated rings. The van der Waals surface area contributed by atoms with E-state index in [1.54, 1.807) is 12.3 Å². The van der Waals surface area contributed by atoms with E-state index in [9.17, 15) is 0 Å². The van der Waals surface area contributed by atoms with Gasteiger partial charge in [-0.25, -0.2) is 4.98 Å². The molecule has 7 nitrogen and oxygen atoms in total. The van der Waals surface area contributed by atoms with Crippen LogP contribution in [0.5, 0.6) is 0 Å². The van der Waals surface area contributed by atoms with Gasteiger partial charge in [-0.15, -0.1) is 0 Å². The molecule has 2 aromatic heterocycles. The van der Waals surface area contributed by atoms with Crippen LogP contribution in [0.15, 0.2) is 59.2 Å². The zero-order valence-electron chi connectivity index (χ0n) is 15.7. The monoisotopic (exact) mass is 428 g/mol. The molecule has 0 bridgehead atoms. The van der Waals surface area contributed by atoms with Crippen LogP contribution in [0.4, 0.5) is 17.5 Å². The lowest BCUT2D eigenvalue weighted by molar-refractivity contribution is 0.503. The summed E-state index contributed by atoms with van der Waals surface area (Å²) < 4.78 is 5.28. The Bertz CT molecular complexity index is 945. The standard InChI is InChI=1S/C20H21ClN6OS/c21-17-13-18(27-10-8-26(9-11-27)15-5-2-1-3-6-15)24-19(23-17)25-20(29)22-14-16-7-4-12-28-16/h1-7,12-13H,8-11,14H2,(H2,22,23,24,25,29). The van der Waals surface area contributed by atoms with Gasteiger partial charge in [0.2, 0.25) is 5.95 Å². The van der Waals surface area contributed by atoms with Crippen molar-refractivity contribution in [1.82, 2.24) is 15.3 Å². The SMILES string of the molecule is S=C(NCc1ccco1)Nc1nc(Cl)cc(N2CCN(c3ccccc3)CC2)n1. The lowest BCUT2D eigenvalue weighted by atomic mass is 10.2. The molecule has 0 saturated carbocycles. The molecule has 29 heavy (non-hydrogen) atoms. The molecule has 9 heteroatoms. The van der Waals surface area contributed by atoms with Crippen molar-refractivity contribution >= 4 is 46.4 Å². The van der Waals surface area contributed by atoms with Gasteiger partial charge in [-0.05, 0) is 36.5 Å². The molecule has 3 aromatic rings. The highest BCUT2D eigenvalue weighted by Crippen LogP contribution is 2.22. The lowest BCUT2D eigenvalue weighted by Crippen LogP contribution is -2.46. The van der Waals surface area contributed by atoms with Crippen molar-refractivity contribution in [2.24, 2.45) is 0 Å². The molecule has 1 aliphatic heterocycles. The quantitative estimate of drug-likeness (QED) is 0.472. The van der Waals surface area contributed by atoms with Crippen LogP contribution >= 0.6 is 23.8 Å². The van der Waals surface area contributed by atoms with E-state index in [1.807, 2.05) is 18.2 Å². The molecule has 4 rings (SSSR count). The minimum atomic E-state index is 0.370. The van der Waals surface area contributed by atoms with E-state index in [-0.39, 0.29) is 0 Å². The summed E-state index contributed by atoms with van der Waals surface area (Å²) in [4.78, 5) is 13.4. The van der Waals surface area contributed by atoms with E-state index in [4.69, 9.17) is 28.2 Å². The van der Waals surface area contributed by atoms with Gasteiger partial charge in [0.25, 0.3) is 0 Å². The topological polar surface area (TPSA) is 69.5 Å². The Morgan fingerprint density at radius 2 is 1.79 bits per heavy atom. The Morgan fingerprint density at radius 1 is 1.03 bits per heavy atom. The Kier molecular flexibility index (Phi) is 6.12. The number of hydrogen-bond donors (Lipinski definition) is 2. The number of furan rings is 1. The van der Waals surface area contributed by atoms with Gasteiger partial charge in [0.05, 0.1) is 12.8 Å². The third kappa shape index (κ3) is 5.16. The van der Waals surface area contributed by atoms with Crippen LogP contribution in [0, 0.1) is 0 Å². The molecule has 0 unspecified atom stereocenters. The molecule has 0 aliphatic carbocycles. The van der Waals surface area contributed by atoms with Crippen LogP contribution in [-0.2, 0) is 6.54 Å². The first-order valence-electron chi connectivity index (χ1n) is 9.34. The molecule has 1 aromatic carbocycles. The number of benzene rings is 1. The fraction of sp³-hybridized carbons (Fsp3) is 0.250. The predicted molar refractivity (Wildman–Crippen MR) is 120 cm³/mol. The molecule has 3 heterocycles. The highest BCUT2D eigenvalue weighted by atomic mass is 35.5. The number of hydrogen-bond acceptors (Lipinski definition) is 6. The number of piperazine rings is 1. The summed E-state index contributed by atoms with van der Waals surface area (Å²) in [6.07, 6.45) is 1.62. The zero-order valence-corrected chi connectivity index (χ0v) is 17.3. The number of nitrogens with zero attached hydrogens (tertiary/aromatic N) is 4. The Hall–Kier alpha value is -2.84. The van der Waals surface area contributed by atoms with Crippen LogP contribution in [0.2, 0.25) is 5.15 Å². The maximum absolute atomic E-state index is 6.23. The normalized spacial score (nSPS) is 14.0. The number of nitrogens with one attached hydrogen (secondary N) is 2. The highest BCUT2D eigenvalue weighted by Gasteiger charge is 2.19. The molecular weight excluding hydrogens is 408 g/mol. The average molecular weight is 429 g/mol. The maximum atomic E-state index is 6.23. The maximum Gasteiger partial charge on any atom is 0.232 e. The van der Waals surface area contributed by atoms with Gasteiger partial charge in [0.1, 0.15) is 16.7 Å². The first-order valence-corrected chi connectivity index (χ1v) is 10.1. The van der Waals surface area contributed by atoms with Gasteiger partial charge in [0, 0.05) is 37.9 Å². The van der Waals surface area contributed by atoms with Gasteiger partial charge < -0.3 is 24.9 Å². The fourth-order valence-electron chi connectivity index (χ4n) is 3.18. The molecule has 2 N–H and O–H groups in total. The zero-order chi connectivity index (χ0) is 20.1. The van der Waals surface area contributed by atoms with E-state index < -0.39 is 0 Å². The fourth-order valence-corrected chi connectivity index (χ4v) is 3.52. The van der Waals surface area contributed by atoms with Gasteiger partial charge in [-0.1, -0.05) is 29.8 Å². The average Bonchev–Trinajstić information content (AvgIpc) is 3.26. The smallest absolute Gasteiger partial charge is 0.232 e. The molecule has 1 saturated heterocycles. The summed E-state index contributed by atoms with van der Waals surface area (Å²) in [6, 6.07) is 15.9. The summed E-state index contributed by atoms with van der Waals surface area (Å²) in [5.41, 5.74) is 1.24. The summed E-state index contributed by atoms with van der Waals surface area (Å²) in [7, 11) is 0. The lowest BCUT2D eigenvalue weighted by Gasteiger charge is -2.36. The summed E-state index contributed by atoms with van der Waals surface area (Å²) >= 11 is 11.5. The van der Waals surface area contributed by atoms with E-state index in [2.05, 4.69) is 54.7 Å². The van der Waals surface area contributed by atoms with E-state index in [0.717, 1.165) is 37.8 Å². The highest BCUT2D eigenvalue weighted by molar-refractivity contribution is 7.80. The molecule has 1 aliphatic rings. The van der Waals surface area contributed by atoms with Crippen molar-refractivity contribution < 1.29 is 4.42 Å². The van der Waals surface area contributed by atoms with Crippen molar-refractivity contribution in [2.45, 2.75) is 6.54 Å². The number of halogens is 1. The van der Waals surface area contributed by atoms with Gasteiger partial charge in [0.15, 0.2) is 5.11 Å². The van der Waals surface area contributed by atoms with Crippen molar-refractivity contribution in [3.8, 4) is 0 Å². The van der Waals surface area contributed by atoms with Gasteiger partial charge in [-0.2, -0.15) is 4.98 Å². The Labute approximate surface area is 179 Å². The third-order valence-corrected chi connectivity index (χ3v) is 5.08. The van der Waals surface area contributed by atoms with Crippen molar-refractivity contribution in [2.75, 3.05) is 41.3 Å². The van der Waals surface area contributed by atoms with Crippen molar-refractivity contribution in [3.05, 3.63) is 65.7 Å². The van der Waals surface area contributed by atoms with E-state index in [0.29, 0.717) is 22.8 Å². The molecule has 0 spiro atoms. The predicted octanol–water partition coefficient (Wildman–Crippen LogP) is 3.54. The number of rotatable bonds is 5. The molecule has 0 atom stereocenters. The second kappa shape index (κ2) is 9.11. The van der Waals surface area contributed by atoms with Crippen LogP contribution < -0.4 is 20.4 Å². The summed E-state index contributed by atoms with van der Waals surface area (Å²) in [6.45, 7) is 4.01. The first kappa shape index (κ1) is 19.5. The van der Waals surface area contributed by atoms with Crippen LogP contribution in [0.25, 0.3) is 0 Å². The summed E-state index contributed by atoms with van der Waals surface area (Å²) in [5, 5.41) is 6.83. The minimum Gasteiger partial charge on any atom is -0.467 e. The van der Waals surface area contributed by atoms with Gasteiger partial charge in [-0.3, -0.25) is 0 Å². The summed E-state index contributed by atoms with van der Waals surface area (Å²) in [5.74, 6) is 1.95. The number of para-hydroxylation sites is 1. The first-order chi connectivity index (χ1) is 14.2. The second-order valence-electron chi connectivity index (χ2n) is 6.57.